The molecule has 218 valence electrons. The van der Waals surface area contributed by atoms with Crippen LogP contribution in [0.2, 0.25) is 0 Å². The normalized spacial score (nSPS) is 23.3. The molecule has 5 atom stereocenters. The first-order chi connectivity index (χ1) is 19.2. The molecule has 2 aromatic carbocycles. The Morgan fingerprint density at radius 1 is 1.10 bits per heavy atom. The van der Waals surface area contributed by atoms with E-state index in [0.29, 0.717) is 24.5 Å². The highest BCUT2D eigenvalue weighted by Crippen LogP contribution is 2.35. The van der Waals surface area contributed by atoms with E-state index in [0.717, 1.165) is 12.0 Å². The fourth-order valence-electron chi connectivity index (χ4n) is 5.27. The number of ether oxygens (including phenoxy) is 5. The highest BCUT2D eigenvalue weighted by atomic mass is 32.2. The highest BCUT2D eigenvalue weighted by Gasteiger charge is 2.44. The molecule has 0 aliphatic carbocycles. The van der Waals surface area contributed by atoms with Gasteiger partial charge < -0.3 is 34.7 Å². The fourth-order valence-corrected chi connectivity index (χ4v) is 6.93. The molecule has 3 aliphatic rings. The Balaban J connectivity index is 1.33. The number of fused-ring (bicyclic) bond motifs is 2. The molecule has 2 fully saturated rings. The van der Waals surface area contributed by atoms with Gasteiger partial charge in [-0.3, -0.25) is 0 Å². The number of nitrogens with two attached hydrogens (primary N) is 1. The Morgan fingerprint density at radius 2 is 1.88 bits per heavy atom. The van der Waals surface area contributed by atoms with E-state index in [1.165, 1.54) is 16.4 Å². The molecule has 0 bridgehead atoms. The summed E-state index contributed by atoms with van der Waals surface area (Å²) in [5.74, 6) is 0.915. The van der Waals surface area contributed by atoms with Gasteiger partial charge in [-0.1, -0.05) is 44.2 Å². The van der Waals surface area contributed by atoms with Crippen molar-refractivity contribution in [2.75, 3.05) is 33.1 Å². The van der Waals surface area contributed by atoms with Crippen LogP contribution in [0.25, 0.3) is 0 Å². The van der Waals surface area contributed by atoms with Crippen molar-refractivity contribution >= 4 is 16.1 Å². The summed E-state index contributed by atoms with van der Waals surface area (Å²) in [5.41, 5.74) is 7.63. The van der Waals surface area contributed by atoms with Gasteiger partial charge in [0.1, 0.15) is 6.10 Å². The second kappa shape index (κ2) is 12.3. The average Bonchev–Trinajstić information content (AvgIpc) is 3.66. The number of hydrogen-bond donors (Lipinski definition) is 2. The fraction of sp³-hybridized carbons (Fsp3) is 0.536. The molecule has 40 heavy (non-hydrogen) atoms. The van der Waals surface area contributed by atoms with E-state index in [2.05, 4.69) is 5.32 Å². The summed E-state index contributed by atoms with van der Waals surface area (Å²) >= 11 is 0. The number of hydrogen-bond acceptors (Lipinski definition) is 9. The van der Waals surface area contributed by atoms with Gasteiger partial charge in [-0.15, -0.1) is 0 Å². The van der Waals surface area contributed by atoms with Crippen molar-refractivity contribution in [3.63, 3.8) is 0 Å². The molecule has 3 N–H and O–H groups in total. The van der Waals surface area contributed by atoms with Crippen molar-refractivity contribution in [3.8, 4) is 11.5 Å². The first-order valence-electron chi connectivity index (χ1n) is 13.6. The van der Waals surface area contributed by atoms with E-state index in [4.69, 9.17) is 29.4 Å². The number of nitrogens with zero attached hydrogens (tertiary/aromatic N) is 1. The molecule has 0 saturated carbocycles. The van der Waals surface area contributed by atoms with Gasteiger partial charge in [-0.25, -0.2) is 13.2 Å². The topological polar surface area (TPSA) is 139 Å². The lowest BCUT2D eigenvalue weighted by molar-refractivity contribution is -0.0907. The van der Waals surface area contributed by atoms with Crippen molar-refractivity contribution in [1.82, 2.24) is 9.62 Å². The summed E-state index contributed by atoms with van der Waals surface area (Å²) in [6.45, 7) is 5.00. The second-order valence-electron chi connectivity index (χ2n) is 10.8. The summed E-state index contributed by atoms with van der Waals surface area (Å²) in [6, 6.07) is 12.8. The maximum Gasteiger partial charge on any atom is 0.407 e. The molecule has 0 unspecified atom stereocenters. The molecular weight excluding hydrogens is 538 g/mol. The molecule has 12 heteroatoms. The van der Waals surface area contributed by atoms with Crippen LogP contribution in [0, 0.1) is 11.8 Å². The van der Waals surface area contributed by atoms with Gasteiger partial charge >= 0.3 is 6.09 Å². The molecule has 0 radical (unpaired) electrons. The van der Waals surface area contributed by atoms with E-state index >= 15 is 0 Å². The second-order valence-corrected chi connectivity index (χ2v) is 12.7. The maximum atomic E-state index is 13.8. The molecule has 5 rings (SSSR count). The van der Waals surface area contributed by atoms with Gasteiger partial charge in [0.15, 0.2) is 17.8 Å². The number of alkyl carbamates (subject to hydrolysis) is 1. The summed E-state index contributed by atoms with van der Waals surface area (Å²) < 4.78 is 56.5. The summed E-state index contributed by atoms with van der Waals surface area (Å²) in [5, 5.41) is 2.92. The van der Waals surface area contributed by atoms with Gasteiger partial charge in [-0.2, -0.15) is 4.31 Å². The van der Waals surface area contributed by atoms with Crippen molar-refractivity contribution in [2.45, 2.75) is 56.1 Å². The number of rotatable bonds is 11. The average molecular weight is 576 g/mol. The van der Waals surface area contributed by atoms with Crippen molar-refractivity contribution in [3.05, 3.63) is 54.1 Å². The van der Waals surface area contributed by atoms with Crippen molar-refractivity contribution in [2.24, 2.45) is 17.6 Å². The van der Waals surface area contributed by atoms with Crippen molar-refractivity contribution < 1.29 is 36.9 Å². The summed E-state index contributed by atoms with van der Waals surface area (Å²) in [7, 11) is -3.93. The van der Waals surface area contributed by atoms with Gasteiger partial charge in [0, 0.05) is 25.2 Å². The molecule has 3 aliphatic heterocycles. The first kappa shape index (κ1) is 28.6. The van der Waals surface area contributed by atoms with E-state index in [9.17, 15) is 13.2 Å². The zero-order valence-electron chi connectivity index (χ0n) is 22.7. The summed E-state index contributed by atoms with van der Waals surface area (Å²) in [6.07, 6.45) is -0.215. The van der Waals surface area contributed by atoms with Gasteiger partial charge in [0.05, 0.1) is 30.1 Å². The molecule has 3 heterocycles. The Kier molecular flexibility index (Phi) is 8.81. The third-order valence-electron chi connectivity index (χ3n) is 7.33. The number of carbonyl (C=O) groups excluding carboxylic acids is 1. The van der Waals surface area contributed by atoms with Crippen LogP contribution in [0.3, 0.4) is 0 Å². The molecule has 2 aromatic rings. The van der Waals surface area contributed by atoms with Crippen LogP contribution in [0.15, 0.2) is 53.4 Å². The minimum Gasteiger partial charge on any atom is -0.454 e. The molecular formula is C28H37N3O8S. The number of carbonyl (C=O) groups is 1. The zero-order chi connectivity index (χ0) is 28.3. The zero-order valence-corrected chi connectivity index (χ0v) is 23.5. The van der Waals surface area contributed by atoms with E-state index in [1.54, 1.807) is 6.07 Å². The van der Waals surface area contributed by atoms with Crippen LogP contribution in [-0.2, 0) is 30.7 Å². The molecule has 0 spiro atoms. The highest BCUT2D eigenvalue weighted by molar-refractivity contribution is 7.89. The Hall–Kier alpha value is -2.90. The molecule has 11 nitrogen and oxygen atoms in total. The molecule has 2 saturated heterocycles. The lowest BCUT2D eigenvalue weighted by Crippen LogP contribution is -2.55. The quantitative estimate of drug-likeness (QED) is 0.414. The summed E-state index contributed by atoms with van der Waals surface area (Å²) in [4.78, 5) is 13.1. The minimum atomic E-state index is -3.93. The lowest BCUT2D eigenvalue weighted by atomic mass is 9.99. The van der Waals surface area contributed by atoms with Gasteiger partial charge in [0.2, 0.25) is 16.8 Å². The molecule has 1 amide bonds. The van der Waals surface area contributed by atoms with Crippen LogP contribution in [0.1, 0.15) is 25.8 Å². The maximum absolute atomic E-state index is 13.8. The number of benzene rings is 2. The van der Waals surface area contributed by atoms with Crippen LogP contribution in [0.5, 0.6) is 11.5 Å². The van der Waals surface area contributed by atoms with Crippen LogP contribution in [-0.4, -0.2) is 76.4 Å². The Bertz CT molecular complexity index is 1280. The smallest absolute Gasteiger partial charge is 0.407 e. The third kappa shape index (κ3) is 6.52. The first-order valence-corrected chi connectivity index (χ1v) is 15.0. The predicted octanol–water partition coefficient (Wildman–Crippen LogP) is 2.49. The Labute approximate surface area is 234 Å². The monoisotopic (exact) mass is 575 g/mol. The van der Waals surface area contributed by atoms with Gasteiger partial charge in [0.25, 0.3) is 0 Å². The lowest BCUT2D eigenvalue weighted by Gasteiger charge is -2.31. The number of nitrogens with one attached hydrogen (secondary N) is 1. The van der Waals surface area contributed by atoms with Crippen LogP contribution in [0.4, 0.5) is 4.79 Å². The van der Waals surface area contributed by atoms with Gasteiger partial charge in [-0.05, 0) is 36.5 Å². The van der Waals surface area contributed by atoms with E-state index in [1.807, 2.05) is 44.2 Å². The number of sulfonamides is 1. The van der Waals surface area contributed by atoms with Crippen molar-refractivity contribution in [1.29, 1.82) is 0 Å². The van der Waals surface area contributed by atoms with Crippen LogP contribution < -0.4 is 20.5 Å². The van der Waals surface area contributed by atoms with E-state index < -0.39 is 34.3 Å². The minimum absolute atomic E-state index is 0.000346. The Morgan fingerprint density at radius 3 is 2.65 bits per heavy atom. The molecule has 0 aromatic heterocycles. The standard InChI is InChI=1S/C28H37N3O8S/c1-18(2)14-31(40(33,34)20-8-9-24-25(13-20)38-17-37-24)15-22(29)23(12-19-6-4-3-5-7-19)30-28(32)39-26-16-36-27-21(26)10-11-35-27/h3-9,13,18,21-23,26-27H,10-12,14-17,29H2,1-2H3,(H,30,32)/t21-,22+,23-,26-,27+/m0/s1. The van der Waals surface area contributed by atoms with Crippen LogP contribution >= 0.6 is 0 Å². The third-order valence-corrected chi connectivity index (χ3v) is 9.15. The SMILES string of the molecule is CC(C)CN(C[C@@H](N)[C@H](Cc1ccccc1)NC(=O)O[C@H]1CO[C@H]2OCC[C@H]21)S(=O)(=O)c1ccc2c(c1)OCO2. The largest absolute Gasteiger partial charge is 0.454 e. The van der Waals surface area contributed by atoms with E-state index in [-0.39, 0.29) is 49.5 Å². The number of amides is 1. The predicted molar refractivity (Wildman–Crippen MR) is 145 cm³/mol.